The van der Waals surface area contributed by atoms with Gasteiger partial charge in [-0.2, -0.15) is 4.99 Å². The Morgan fingerprint density at radius 2 is 1.88 bits per heavy atom. The van der Waals surface area contributed by atoms with Crippen LogP contribution in [-0.2, 0) is 9.47 Å². The number of aliphatic imine (C=N–C) groups is 1. The third-order valence-electron chi connectivity index (χ3n) is 1.99. The molecule has 0 unspecified atom stereocenters. The minimum absolute atomic E-state index is 0.132. The number of carbonyl (C=O) groups excluding carboxylic acids is 2. The summed E-state index contributed by atoms with van der Waals surface area (Å²) in [4.78, 5) is 26.5. The van der Waals surface area contributed by atoms with Gasteiger partial charge in [0.05, 0.1) is 36.2 Å². The van der Waals surface area contributed by atoms with Gasteiger partial charge in [-0.05, 0) is 30.4 Å². The first-order chi connectivity index (χ1) is 8.13. The molecule has 0 fully saturated rings. The van der Waals surface area contributed by atoms with Crippen molar-refractivity contribution in [2.75, 3.05) is 14.2 Å². The second-order valence-electron chi connectivity index (χ2n) is 2.92. The fourth-order valence-electron chi connectivity index (χ4n) is 1.20. The molecule has 1 aromatic rings. The second kappa shape index (κ2) is 5.89. The van der Waals surface area contributed by atoms with Crippen LogP contribution in [0.2, 0.25) is 0 Å². The third-order valence-corrected chi connectivity index (χ3v) is 2.08. The number of isothiocyanates is 1. The number of benzene rings is 1. The highest BCUT2D eigenvalue weighted by Gasteiger charge is 2.15. The molecule has 0 aliphatic heterocycles. The van der Waals surface area contributed by atoms with E-state index in [0.717, 1.165) is 0 Å². The Morgan fingerprint density at radius 1 is 1.24 bits per heavy atom. The van der Waals surface area contributed by atoms with E-state index in [9.17, 15) is 9.59 Å². The number of rotatable bonds is 3. The van der Waals surface area contributed by atoms with Crippen molar-refractivity contribution in [2.45, 2.75) is 0 Å². The van der Waals surface area contributed by atoms with Crippen LogP contribution in [0.1, 0.15) is 20.7 Å². The number of thiocarbonyl (C=S) groups is 1. The maximum Gasteiger partial charge on any atom is 0.340 e. The van der Waals surface area contributed by atoms with Gasteiger partial charge in [-0.25, -0.2) is 9.59 Å². The molecule has 5 nitrogen and oxygen atoms in total. The molecule has 0 atom stereocenters. The Kier molecular flexibility index (Phi) is 4.51. The number of carbonyl (C=O) groups is 2. The van der Waals surface area contributed by atoms with E-state index in [0.29, 0.717) is 5.69 Å². The first-order valence-electron chi connectivity index (χ1n) is 4.52. The van der Waals surface area contributed by atoms with Crippen molar-refractivity contribution in [3.63, 3.8) is 0 Å². The molecule has 0 aliphatic carbocycles. The van der Waals surface area contributed by atoms with Gasteiger partial charge in [-0.15, -0.1) is 0 Å². The van der Waals surface area contributed by atoms with E-state index in [1.54, 1.807) is 0 Å². The van der Waals surface area contributed by atoms with E-state index in [4.69, 9.17) is 0 Å². The summed E-state index contributed by atoms with van der Waals surface area (Å²) in [5, 5.41) is 2.15. The van der Waals surface area contributed by atoms with Crippen LogP contribution >= 0.6 is 12.2 Å². The smallest absolute Gasteiger partial charge is 0.340 e. The molecule has 0 amide bonds. The van der Waals surface area contributed by atoms with E-state index >= 15 is 0 Å². The average molecular weight is 251 g/mol. The lowest BCUT2D eigenvalue weighted by atomic mass is 10.1. The molecule has 0 aliphatic rings. The van der Waals surface area contributed by atoms with Gasteiger partial charge in [-0.3, -0.25) is 0 Å². The Labute approximate surface area is 103 Å². The number of esters is 2. The molecular formula is C11H9NO4S. The van der Waals surface area contributed by atoms with Crippen molar-refractivity contribution in [3.8, 4) is 0 Å². The standard InChI is InChI=1S/C11H9NO4S/c1-15-10(13)7-3-4-9(12-6-17)8(5-7)11(14)16-2/h3-5H,1-2H3. The minimum Gasteiger partial charge on any atom is -0.465 e. The predicted molar refractivity (Wildman–Crippen MR) is 63.8 cm³/mol. The van der Waals surface area contributed by atoms with Gasteiger partial charge in [0.25, 0.3) is 0 Å². The molecule has 0 aromatic heterocycles. The fourth-order valence-corrected chi connectivity index (χ4v) is 1.30. The molecule has 88 valence electrons. The normalized spacial score (nSPS) is 9.06. The van der Waals surface area contributed by atoms with Gasteiger partial charge in [0.2, 0.25) is 0 Å². The lowest BCUT2D eigenvalue weighted by Crippen LogP contribution is -2.06. The fraction of sp³-hybridized carbons (Fsp3) is 0.182. The summed E-state index contributed by atoms with van der Waals surface area (Å²) >= 11 is 4.46. The molecule has 17 heavy (non-hydrogen) atoms. The van der Waals surface area contributed by atoms with Gasteiger partial charge < -0.3 is 9.47 Å². The maximum atomic E-state index is 11.5. The van der Waals surface area contributed by atoms with Crippen LogP contribution in [0.15, 0.2) is 23.2 Å². The van der Waals surface area contributed by atoms with Gasteiger partial charge in [0.1, 0.15) is 0 Å². The Hall–Kier alpha value is -2.04. The summed E-state index contributed by atoms with van der Waals surface area (Å²) < 4.78 is 9.13. The van der Waals surface area contributed by atoms with Gasteiger partial charge >= 0.3 is 11.9 Å². The van der Waals surface area contributed by atoms with E-state index in [-0.39, 0.29) is 11.1 Å². The number of methoxy groups -OCH3 is 2. The Morgan fingerprint density at radius 3 is 2.41 bits per heavy atom. The molecule has 0 bridgehead atoms. The van der Waals surface area contributed by atoms with Crippen LogP contribution in [0, 0.1) is 0 Å². The number of hydrogen-bond acceptors (Lipinski definition) is 6. The topological polar surface area (TPSA) is 65.0 Å². The Bertz CT molecular complexity index is 506. The summed E-state index contributed by atoms with van der Waals surface area (Å²) in [7, 11) is 2.49. The van der Waals surface area contributed by atoms with E-state index in [1.807, 2.05) is 0 Å². The van der Waals surface area contributed by atoms with Crippen molar-refractivity contribution in [1.82, 2.24) is 0 Å². The molecule has 0 saturated carbocycles. The van der Waals surface area contributed by atoms with Crippen molar-refractivity contribution in [1.29, 1.82) is 0 Å². The van der Waals surface area contributed by atoms with E-state index in [2.05, 4.69) is 31.8 Å². The zero-order valence-electron chi connectivity index (χ0n) is 9.22. The van der Waals surface area contributed by atoms with Crippen LogP contribution in [0.25, 0.3) is 0 Å². The van der Waals surface area contributed by atoms with Gasteiger partial charge in [-0.1, -0.05) is 0 Å². The summed E-state index contributed by atoms with van der Waals surface area (Å²) in [6.07, 6.45) is 0. The van der Waals surface area contributed by atoms with Crippen molar-refractivity contribution < 1.29 is 19.1 Å². The predicted octanol–water partition coefficient (Wildman–Crippen LogP) is 1.99. The molecule has 0 heterocycles. The molecular weight excluding hydrogens is 242 g/mol. The summed E-state index contributed by atoms with van der Waals surface area (Å²) in [6.45, 7) is 0. The van der Waals surface area contributed by atoms with Crippen molar-refractivity contribution >= 4 is 35.0 Å². The van der Waals surface area contributed by atoms with E-state index in [1.165, 1.54) is 32.4 Å². The monoisotopic (exact) mass is 251 g/mol. The highest BCUT2D eigenvalue weighted by atomic mass is 32.1. The largest absolute Gasteiger partial charge is 0.465 e. The zero-order chi connectivity index (χ0) is 12.8. The lowest BCUT2D eigenvalue weighted by molar-refractivity contribution is 0.0600. The third kappa shape index (κ3) is 2.96. The summed E-state index contributed by atoms with van der Waals surface area (Å²) in [6, 6.07) is 4.28. The molecule has 0 saturated heterocycles. The van der Waals surface area contributed by atoms with Crippen LogP contribution in [0.3, 0.4) is 0 Å². The van der Waals surface area contributed by atoms with Gasteiger partial charge in [0, 0.05) is 0 Å². The molecule has 0 spiro atoms. The van der Waals surface area contributed by atoms with Crippen molar-refractivity contribution in [3.05, 3.63) is 29.3 Å². The summed E-state index contributed by atoms with van der Waals surface area (Å²) in [5.41, 5.74) is 0.656. The van der Waals surface area contributed by atoms with Crippen LogP contribution in [-0.4, -0.2) is 31.3 Å². The minimum atomic E-state index is -0.611. The highest BCUT2D eigenvalue weighted by Crippen LogP contribution is 2.21. The van der Waals surface area contributed by atoms with E-state index < -0.39 is 11.9 Å². The SMILES string of the molecule is COC(=O)c1ccc(N=C=S)c(C(=O)OC)c1. The quantitative estimate of drug-likeness (QED) is 0.467. The molecule has 6 heteroatoms. The molecule has 1 aromatic carbocycles. The van der Waals surface area contributed by atoms with Crippen molar-refractivity contribution in [2.24, 2.45) is 4.99 Å². The molecule has 0 N–H and O–H groups in total. The number of nitrogens with zero attached hydrogens (tertiary/aromatic N) is 1. The molecule has 0 radical (unpaired) electrons. The molecule has 1 rings (SSSR count). The lowest BCUT2D eigenvalue weighted by Gasteiger charge is -2.05. The number of hydrogen-bond donors (Lipinski definition) is 0. The average Bonchev–Trinajstić information content (AvgIpc) is 2.37. The first kappa shape index (κ1) is 13.0. The zero-order valence-corrected chi connectivity index (χ0v) is 10.0. The van der Waals surface area contributed by atoms with Crippen LogP contribution in [0.5, 0.6) is 0 Å². The summed E-state index contributed by atoms with van der Waals surface area (Å²) in [5.74, 6) is -1.16. The van der Waals surface area contributed by atoms with Gasteiger partial charge in [0.15, 0.2) is 0 Å². The number of ether oxygens (including phenoxy) is 2. The van der Waals surface area contributed by atoms with Crippen LogP contribution in [0.4, 0.5) is 5.69 Å². The highest BCUT2D eigenvalue weighted by molar-refractivity contribution is 7.78. The maximum absolute atomic E-state index is 11.5. The Balaban J connectivity index is 3.33. The first-order valence-corrected chi connectivity index (χ1v) is 4.93. The van der Waals surface area contributed by atoms with Crippen LogP contribution < -0.4 is 0 Å². The second-order valence-corrected chi connectivity index (χ2v) is 3.10.